The van der Waals surface area contributed by atoms with E-state index in [1.165, 1.54) is 0 Å². The predicted molar refractivity (Wildman–Crippen MR) is 62.5 cm³/mol. The molecule has 16 heavy (non-hydrogen) atoms. The number of Topliss-reactive ketones (excluding diaryl/α,β-unsaturated/α-hetero) is 1. The molecule has 5 heteroatoms. The van der Waals surface area contributed by atoms with Gasteiger partial charge < -0.3 is 0 Å². The minimum atomic E-state index is 0.0367. The van der Waals surface area contributed by atoms with E-state index in [4.69, 9.17) is 0 Å². The van der Waals surface area contributed by atoms with E-state index < -0.39 is 0 Å². The zero-order valence-corrected chi connectivity index (χ0v) is 9.34. The molecule has 0 saturated heterocycles. The number of hydrogen-bond donors (Lipinski definition) is 0. The van der Waals surface area contributed by atoms with Crippen LogP contribution in [0.1, 0.15) is 24.3 Å². The monoisotopic (exact) mass is 213 g/mol. The summed E-state index contributed by atoms with van der Waals surface area (Å²) >= 11 is 0. The molecule has 0 aliphatic heterocycles. The summed E-state index contributed by atoms with van der Waals surface area (Å²) in [5.74, 6) is 1.92. The molecule has 2 rings (SSSR count). The summed E-state index contributed by atoms with van der Waals surface area (Å²) in [4.78, 5) is 15.4. The summed E-state index contributed by atoms with van der Waals surface area (Å²) < 4.78 is 1.72. The topological polar surface area (TPSA) is 47.8 Å². The van der Waals surface area contributed by atoms with Crippen LogP contribution in [-0.4, -0.2) is 27.5 Å². The Morgan fingerprint density at radius 1 is 1.56 bits per heavy atom. The fraction of sp³-hybridized carbons (Fsp3) is 0.273. The number of carbonyl (C=O) groups excluding carboxylic acids is 1. The van der Waals surface area contributed by atoms with Gasteiger partial charge in [0.15, 0.2) is 0 Å². The molecule has 80 valence electrons. The van der Waals surface area contributed by atoms with Gasteiger partial charge in [0.1, 0.15) is 0 Å². The number of nitrogens with zero attached hydrogens (tertiary/aromatic N) is 3. The van der Waals surface area contributed by atoms with E-state index in [1.54, 1.807) is 24.9 Å². The Labute approximate surface area is 94.6 Å². The first-order valence-corrected chi connectivity index (χ1v) is 5.21. The van der Waals surface area contributed by atoms with Gasteiger partial charge in [-0.3, -0.25) is 0 Å². The zero-order valence-electron chi connectivity index (χ0n) is 9.34. The molecule has 0 amide bonds. The van der Waals surface area contributed by atoms with E-state index in [0.29, 0.717) is 12.2 Å². The maximum absolute atomic E-state index is 11.4. The fourth-order valence-corrected chi connectivity index (χ4v) is 1.60. The van der Waals surface area contributed by atoms with Gasteiger partial charge in [-0.25, -0.2) is 0 Å². The van der Waals surface area contributed by atoms with Gasteiger partial charge in [0, 0.05) is 0 Å². The fourth-order valence-electron chi connectivity index (χ4n) is 1.60. The first-order chi connectivity index (χ1) is 7.72. The van der Waals surface area contributed by atoms with Gasteiger partial charge >= 0.3 is 93.9 Å². The Morgan fingerprint density at radius 3 is 2.88 bits per heavy atom. The second kappa shape index (κ2) is 4.39. The molecule has 0 bridgehead atoms. The third-order valence-corrected chi connectivity index (χ3v) is 2.42. The molecule has 0 aromatic carbocycles. The second-order valence-electron chi connectivity index (χ2n) is 3.52. The van der Waals surface area contributed by atoms with E-state index >= 15 is 0 Å². The molecule has 2 aromatic rings. The van der Waals surface area contributed by atoms with Crippen molar-refractivity contribution < 1.29 is 4.79 Å². The van der Waals surface area contributed by atoms with Crippen LogP contribution in [0.15, 0.2) is 24.3 Å². The van der Waals surface area contributed by atoms with Crippen molar-refractivity contribution in [3.8, 4) is 11.3 Å². The summed E-state index contributed by atoms with van der Waals surface area (Å²) in [5.41, 5.74) is 2.44. The SMILES string of the molecule is CCn1nc(-c2cbncc2)cc1C(C)=O. The molecular weight excluding hydrogens is 201 g/mol. The summed E-state index contributed by atoms with van der Waals surface area (Å²) in [6, 6.07) is 3.70. The van der Waals surface area contributed by atoms with Crippen molar-refractivity contribution >= 4 is 12.8 Å². The van der Waals surface area contributed by atoms with Gasteiger partial charge in [-0.2, -0.15) is 0 Å². The molecule has 2 aromatic heterocycles. The number of aromatic nitrogens is 3. The van der Waals surface area contributed by atoms with Crippen molar-refractivity contribution in [3.05, 3.63) is 30.0 Å². The van der Waals surface area contributed by atoms with Crippen LogP contribution >= 0.6 is 0 Å². The summed E-state index contributed by atoms with van der Waals surface area (Å²) in [5, 5.41) is 4.39. The average Bonchev–Trinajstić information content (AvgIpc) is 2.74. The van der Waals surface area contributed by atoms with Crippen molar-refractivity contribution in [1.82, 2.24) is 14.7 Å². The Morgan fingerprint density at radius 2 is 2.38 bits per heavy atom. The van der Waals surface area contributed by atoms with E-state index in [2.05, 4.69) is 9.99 Å². The molecule has 0 fully saturated rings. The van der Waals surface area contributed by atoms with Crippen LogP contribution in [0.3, 0.4) is 0 Å². The molecule has 0 aliphatic rings. The van der Waals surface area contributed by atoms with Crippen molar-refractivity contribution in [2.45, 2.75) is 20.4 Å². The molecule has 0 aliphatic carbocycles. The number of aryl methyl sites for hydroxylation is 1. The molecule has 0 radical (unpaired) electrons. The Kier molecular flexibility index (Phi) is 2.94. The van der Waals surface area contributed by atoms with Gasteiger partial charge in [-0.05, 0) is 0 Å². The van der Waals surface area contributed by atoms with Gasteiger partial charge in [0.2, 0.25) is 0 Å². The molecule has 0 N–H and O–H groups in total. The number of carbonyl (C=O) groups is 1. The van der Waals surface area contributed by atoms with Crippen LogP contribution in [0.25, 0.3) is 11.3 Å². The molecule has 0 spiro atoms. The number of ketones is 1. The molecular formula is C11H12BN3O. The van der Waals surface area contributed by atoms with Crippen LogP contribution < -0.4 is 0 Å². The van der Waals surface area contributed by atoms with Crippen LogP contribution in [0, 0.1) is 0 Å². The molecule has 0 atom stereocenters. The Hall–Kier alpha value is -1.78. The first kappa shape index (κ1) is 10.7. The standard InChI is InChI=1S/C11H12BN3O/c1-3-15-11(8(2)16)6-10(14-15)9-4-5-13-12-7-9/h4-7H,3H2,1-2H3. The van der Waals surface area contributed by atoms with Gasteiger partial charge in [0.05, 0.1) is 0 Å². The summed E-state index contributed by atoms with van der Waals surface area (Å²) in [6.07, 6.45) is 1.72. The first-order valence-electron chi connectivity index (χ1n) is 5.21. The molecule has 0 saturated carbocycles. The molecule has 4 nitrogen and oxygen atoms in total. The van der Waals surface area contributed by atoms with E-state index in [1.807, 2.05) is 25.0 Å². The number of hydrogen-bond acceptors (Lipinski definition) is 3. The summed E-state index contributed by atoms with van der Waals surface area (Å²) in [6.45, 7) is 4.22. The van der Waals surface area contributed by atoms with E-state index in [-0.39, 0.29) is 5.78 Å². The van der Waals surface area contributed by atoms with Gasteiger partial charge in [-0.15, -0.1) is 0 Å². The van der Waals surface area contributed by atoms with E-state index in [9.17, 15) is 4.79 Å². The Balaban J connectivity index is 2.48. The van der Waals surface area contributed by atoms with Crippen LogP contribution in [0.2, 0.25) is 0 Å². The molecule has 0 unspecified atom stereocenters. The van der Waals surface area contributed by atoms with Crippen molar-refractivity contribution in [2.75, 3.05) is 0 Å². The van der Waals surface area contributed by atoms with Crippen molar-refractivity contribution in [1.29, 1.82) is 0 Å². The van der Waals surface area contributed by atoms with Crippen LogP contribution in [0.5, 0.6) is 0 Å². The normalized spacial score (nSPS) is 10.1. The zero-order chi connectivity index (χ0) is 11.5. The van der Waals surface area contributed by atoms with Crippen molar-refractivity contribution in [3.63, 3.8) is 0 Å². The second-order valence-corrected chi connectivity index (χ2v) is 3.52. The maximum atomic E-state index is 11.4. The molecule has 2 heterocycles. The van der Waals surface area contributed by atoms with Crippen molar-refractivity contribution in [2.24, 2.45) is 0 Å². The average molecular weight is 213 g/mol. The minimum absolute atomic E-state index is 0.0367. The quantitative estimate of drug-likeness (QED) is 0.726. The van der Waals surface area contributed by atoms with Gasteiger partial charge in [0.25, 0.3) is 0 Å². The third-order valence-electron chi connectivity index (χ3n) is 2.42. The third kappa shape index (κ3) is 1.93. The predicted octanol–water partition coefficient (Wildman–Crippen LogP) is 1.51. The van der Waals surface area contributed by atoms with Crippen LogP contribution in [0.4, 0.5) is 0 Å². The Bertz CT molecular complexity index is 507. The number of rotatable bonds is 3. The van der Waals surface area contributed by atoms with E-state index in [0.717, 1.165) is 11.3 Å². The van der Waals surface area contributed by atoms with Crippen LogP contribution in [-0.2, 0) is 6.54 Å². The summed E-state index contributed by atoms with van der Waals surface area (Å²) in [7, 11) is 1.72. The van der Waals surface area contributed by atoms with Gasteiger partial charge in [-0.1, -0.05) is 0 Å².